The number of carbonyl (C=O) groups is 2. The molecular formula is C18H25ClN2O6S. The number of morpholine rings is 1. The lowest BCUT2D eigenvalue weighted by Crippen LogP contribution is -2.46. The van der Waals surface area contributed by atoms with Crippen LogP contribution >= 0.6 is 11.6 Å². The fourth-order valence-corrected chi connectivity index (χ4v) is 4.81. The maximum Gasteiger partial charge on any atom is 0.338 e. The number of halogens is 1. The highest BCUT2D eigenvalue weighted by atomic mass is 35.5. The molecule has 1 aliphatic rings. The lowest BCUT2D eigenvalue weighted by Gasteiger charge is -2.29. The molecule has 1 aliphatic heterocycles. The van der Waals surface area contributed by atoms with Crippen molar-refractivity contribution in [1.82, 2.24) is 9.21 Å². The Labute approximate surface area is 170 Å². The van der Waals surface area contributed by atoms with Crippen LogP contribution in [0.4, 0.5) is 0 Å². The zero-order valence-corrected chi connectivity index (χ0v) is 17.8. The Bertz CT molecular complexity index is 819. The molecule has 28 heavy (non-hydrogen) atoms. The highest BCUT2D eigenvalue weighted by Crippen LogP contribution is 2.26. The Morgan fingerprint density at radius 2 is 1.86 bits per heavy atom. The van der Waals surface area contributed by atoms with Crippen molar-refractivity contribution in [3.05, 3.63) is 28.8 Å². The van der Waals surface area contributed by atoms with Crippen molar-refractivity contribution in [1.29, 1.82) is 0 Å². The van der Waals surface area contributed by atoms with Crippen molar-refractivity contribution in [2.45, 2.75) is 31.8 Å². The molecule has 1 fully saturated rings. The molecule has 10 heteroatoms. The highest BCUT2D eigenvalue weighted by molar-refractivity contribution is 7.89. The fraction of sp³-hybridized carbons (Fsp3) is 0.556. The molecule has 0 N–H and O–H groups in total. The van der Waals surface area contributed by atoms with Crippen molar-refractivity contribution in [3.8, 4) is 0 Å². The van der Waals surface area contributed by atoms with Gasteiger partial charge < -0.3 is 14.4 Å². The summed E-state index contributed by atoms with van der Waals surface area (Å²) in [6.07, 6.45) is -0.996. The third-order valence-corrected chi connectivity index (χ3v) is 6.98. The molecule has 0 aromatic heterocycles. The van der Waals surface area contributed by atoms with Crippen LogP contribution in [0.3, 0.4) is 0 Å². The minimum atomic E-state index is -3.85. The van der Waals surface area contributed by atoms with Gasteiger partial charge in [-0.1, -0.05) is 25.4 Å². The molecule has 1 saturated heterocycles. The minimum Gasteiger partial charge on any atom is -0.449 e. The van der Waals surface area contributed by atoms with Crippen molar-refractivity contribution in [2.75, 3.05) is 39.4 Å². The van der Waals surface area contributed by atoms with Crippen LogP contribution in [0, 0.1) is 0 Å². The number of hydrogen-bond acceptors (Lipinski definition) is 6. The van der Waals surface area contributed by atoms with Crippen LogP contribution in [0.15, 0.2) is 23.1 Å². The molecule has 0 spiro atoms. The first-order valence-electron chi connectivity index (χ1n) is 9.09. The maximum atomic E-state index is 12.7. The first-order valence-corrected chi connectivity index (χ1v) is 10.9. The zero-order chi connectivity index (χ0) is 20.9. The summed E-state index contributed by atoms with van der Waals surface area (Å²) in [5, 5.41) is 0.0147. The number of ether oxygens (including phenoxy) is 2. The largest absolute Gasteiger partial charge is 0.449 e. The number of esters is 1. The van der Waals surface area contributed by atoms with Gasteiger partial charge in [-0.15, -0.1) is 0 Å². The van der Waals surface area contributed by atoms with E-state index in [0.717, 1.165) is 0 Å². The lowest BCUT2D eigenvalue weighted by molar-refractivity contribution is -0.143. The van der Waals surface area contributed by atoms with E-state index >= 15 is 0 Å². The minimum absolute atomic E-state index is 0.0109. The molecular weight excluding hydrogens is 408 g/mol. The topological polar surface area (TPSA) is 93.2 Å². The summed E-state index contributed by atoms with van der Waals surface area (Å²) in [5.74, 6) is -1.11. The molecule has 1 aromatic carbocycles. The summed E-state index contributed by atoms with van der Waals surface area (Å²) >= 11 is 6.07. The number of nitrogens with zero attached hydrogens (tertiary/aromatic N) is 2. The second-order valence-corrected chi connectivity index (χ2v) is 8.53. The van der Waals surface area contributed by atoms with Gasteiger partial charge in [-0.25, -0.2) is 13.2 Å². The first kappa shape index (κ1) is 22.6. The molecule has 2 rings (SSSR count). The number of amides is 1. The van der Waals surface area contributed by atoms with Gasteiger partial charge in [-0.3, -0.25) is 4.79 Å². The van der Waals surface area contributed by atoms with Crippen molar-refractivity contribution < 1.29 is 27.5 Å². The monoisotopic (exact) mass is 432 g/mol. The molecule has 1 aromatic rings. The van der Waals surface area contributed by atoms with Gasteiger partial charge in [0.1, 0.15) is 4.90 Å². The molecule has 1 amide bonds. The Balaban J connectivity index is 2.19. The van der Waals surface area contributed by atoms with Gasteiger partial charge in [0.2, 0.25) is 10.0 Å². The van der Waals surface area contributed by atoms with E-state index in [1.807, 2.05) is 0 Å². The third kappa shape index (κ3) is 5.02. The van der Waals surface area contributed by atoms with Gasteiger partial charge in [0.05, 0.1) is 23.8 Å². The predicted molar refractivity (Wildman–Crippen MR) is 104 cm³/mol. The van der Waals surface area contributed by atoms with Gasteiger partial charge >= 0.3 is 5.97 Å². The van der Waals surface area contributed by atoms with E-state index in [9.17, 15) is 18.0 Å². The van der Waals surface area contributed by atoms with E-state index < -0.39 is 22.1 Å². The fourth-order valence-electron chi connectivity index (χ4n) is 2.85. The van der Waals surface area contributed by atoms with Gasteiger partial charge in [0, 0.05) is 26.2 Å². The SMILES string of the molecule is CCN(CC)S(=O)(=O)c1cc(C(=O)OC(C)C(=O)N2CCOCC2)ccc1Cl. The van der Waals surface area contributed by atoms with Crippen LogP contribution in [0.5, 0.6) is 0 Å². The second kappa shape index (κ2) is 9.69. The average molecular weight is 433 g/mol. The number of carbonyl (C=O) groups excluding carboxylic acids is 2. The molecule has 0 radical (unpaired) electrons. The van der Waals surface area contributed by atoms with E-state index in [2.05, 4.69) is 0 Å². The van der Waals surface area contributed by atoms with E-state index in [0.29, 0.717) is 26.3 Å². The quantitative estimate of drug-likeness (QED) is 0.609. The van der Waals surface area contributed by atoms with Crippen LogP contribution in [-0.4, -0.2) is 75.0 Å². The Kier molecular flexibility index (Phi) is 7.82. The molecule has 0 bridgehead atoms. The second-order valence-electron chi connectivity index (χ2n) is 6.22. The highest BCUT2D eigenvalue weighted by Gasteiger charge is 2.28. The number of hydrogen-bond donors (Lipinski definition) is 0. The van der Waals surface area contributed by atoms with Crippen LogP contribution < -0.4 is 0 Å². The van der Waals surface area contributed by atoms with E-state index in [4.69, 9.17) is 21.1 Å². The average Bonchev–Trinajstić information content (AvgIpc) is 2.68. The van der Waals surface area contributed by atoms with Crippen LogP contribution in [-0.2, 0) is 24.3 Å². The summed E-state index contributed by atoms with van der Waals surface area (Å²) in [4.78, 5) is 26.3. The number of rotatable bonds is 7. The van der Waals surface area contributed by atoms with Gasteiger partial charge in [0.15, 0.2) is 6.10 Å². The smallest absolute Gasteiger partial charge is 0.338 e. The van der Waals surface area contributed by atoms with Crippen LogP contribution in [0.1, 0.15) is 31.1 Å². The van der Waals surface area contributed by atoms with Crippen molar-refractivity contribution >= 4 is 33.5 Å². The summed E-state index contributed by atoms with van der Waals surface area (Å²) in [7, 11) is -3.85. The maximum absolute atomic E-state index is 12.7. The standard InChI is InChI=1S/C18H25ClN2O6S/c1-4-21(5-2)28(24,25)16-12-14(6-7-15(16)19)18(23)27-13(3)17(22)20-8-10-26-11-9-20/h6-7,12-13H,4-5,8-11H2,1-3H3. The lowest BCUT2D eigenvalue weighted by atomic mass is 10.2. The molecule has 156 valence electrons. The Morgan fingerprint density at radius 1 is 1.25 bits per heavy atom. The summed E-state index contributed by atoms with van der Waals surface area (Å²) < 4.78 is 37.2. The van der Waals surface area contributed by atoms with Gasteiger partial charge in [0.25, 0.3) is 5.91 Å². The first-order chi connectivity index (χ1) is 13.2. The van der Waals surface area contributed by atoms with Crippen molar-refractivity contribution in [3.63, 3.8) is 0 Å². The number of sulfonamides is 1. The molecule has 0 aliphatic carbocycles. The predicted octanol–water partition coefficient (Wildman–Crippen LogP) is 1.77. The molecule has 0 saturated carbocycles. The van der Waals surface area contributed by atoms with E-state index in [-0.39, 0.29) is 34.5 Å². The van der Waals surface area contributed by atoms with E-state index in [1.54, 1.807) is 18.7 Å². The van der Waals surface area contributed by atoms with Gasteiger partial charge in [-0.05, 0) is 25.1 Å². The Morgan fingerprint density at radius 3 is 2.43 bits per heavy atom. The zero-order valence-electron chi connectivity index (χ0n) is 16.2. The molecule has 1 atom stereocenters. The Hall–Kier alpha value is -1.68. The normalized spacial score (nSPS) is 16.1. The summed E-state index contributed by atoms with van der Waals surface area (Å²) in [6.45, 7) is 7.22. The van der Waals surface area contributed by atoms with Crippen LogP contribution in [0.25, 0.3) is 0 Å². The molecule has 1 heterocycles. The molecule has 1 unspecified atom stereocenters. The summed E-state index contributed by atoms with van der Waals surface area (Å²) in [5.41, 5.74) is 0.0109. The van der Waals surface area contributed by atoms with Crippen molar-refractivity contribution in [2.24, 2.45) is 0 Å². The molecule has 8 nitrogen and oxygen atoms in total. The number of benzene rings is 1. The summed E-state index contributed by atoms with van der Waals surface area (Å²) in [6, 6.07) is 3.89. The van der Waals surface area contributed by atoms with Crippen LogP contribution in [0.2, 0.25) is 5.02 Å². The third-order valence-electron chi connectivity index (χ3n) is 4.44. The van der Waals surface area contributed by atoms with Gasteiger partial charge in [-0.2, -0.15) is 4.31 Å². The van der Waals surface area contributed by atoms with E-state index in [1.165, 1.54) is 29.4 Å².